The average molecular weight is 307 g/mol. The Kier molecular flexibility index (Phi) is 4.12. The number of methoxy groups -OCH3 is 1. The van der Waals surface area contributed by atoms with E-state index in [4.69, 9.17) is 21.3 Å². The fourth-order valence-corrected chi connectivity index (χ4v) is 3.68. The Hall–Kier alpha value is -1.22. The van der Waals surface area contributed by atoms with Crippen LogP contribution in [0, 0.1) is 5.92 Å². The third-order valence-electron chi connectivity index (χ3n) is 4.68. The number of fused-ring (bicyclic) bond motifs is 1. The van der Waals surface area contributed by atoms with Crippen LogP contribution < -0.4 is 4.74 Å². The fraction of sp³-hybridized carbons (Fsp3) is 0.588. The van der Waals surface area contributed by atoms with Crippen molar-refractivity contribution in [1.82, 2.24) is 9.55 Å². The lowest BCUT2D eigenvalue weighted by molar-refractivity contribution is 0.257. The van der Waals surface area contributed by atoms with E-state index in [9.17, 15) is 0 Å². The van der Waals surface area contributed by atoms with Gasteiger partial charge >= 0.3 is 0 Å². The standard InChI is InChI=1S/C17H23ClN2O/c1-11-6-4-5-7-15(11)20-16-10-13(21-3)8-9-14(16)19-17(20)12(2)18/h8-12,15H,4-7H2,1-3H3. The molecule has 3 atom stereocenters. The molecule has 1 aliphatic carbocycles. The van der Waals surface area contributed by atoms with E-state index >= 15 is 0 Å². The molecule has 0 N–H and O–H groups in total. The zero-order chi connectivity index (χ0) is 15.0. The summed E-state index contributed by atoms with van der Waals surface area (Å²) in [6.07, 6.45) is 5.11. The van der Waals surface area contributed by atoms with Crippen molar-refractivity contribution >= 4 is 22.6 Å². The van der Waals surface area contributed by atoms with Crippen molar-refractivity contribution in [3.05, 3.63) is 24.0 Å². The van der Waals surface area contributed by atoms with Gasteiger partial charge in [-0.3, -0.25) is 0 Å². The first kappa shape index (κ1) is 14.7. The number of rotatable bonds is 3. The van der Waals surface area contributed by atoms with E-state index in [0.29, 0.717) is 12.0 Å². The summed E-state index contributed by atoms with van der Waals surface area (Å²) >= 11 is 6.41. The van der Waals surface area contributed by atoms with Gasteiger partial charge in [0.15, 0.2) is 0 Å². The van der Waals surface area contributed by atoms with E-state index in [1.165, 1.54) is 25.7 Å². The number of aromatic nitrogens is 2. The fourth-order valence-electron chi connectivity index (χ4n) is 3.53. The molecular formula is C17H23ClN2O. The van der Waals surface area contributed by atoms with Gasteiger partial charge in [-0.15, -0.1) is 11.6 Å². The molecule has 1 fully saturated rings. The third-order valence-corrected chi connectivity index (χ3v) is 4.87. The molecule has 1 aromatic carbocycles. The van der Waals surface area contributed by atoms with E-state index in [-0.39, 0.29) is 5.38 Å². The number of hydrogen-bond donors (Lipinski definition) is 0. The van der Waals surface area contributed by atoms with Crippen LogP contribution in [0.2, 0.25) is 0 Å². The van der Waals surface area contributed by atoms with Crippen molar-refractivity contribution in [2.75, 3.05) is 7.11 Å². The van der Waals surface area contributed by atoms with Gasteiger partial charge in [0, 0.05) is 12.1 Å². The van der Waals surface area contributed by atoms with Crippen molar-refractivity contribution in [3.8, 4) is 5.75 Å². The Morgan fingerprint density at radius 2 is 2.10 bits per heavy atom. The Morgan fingerprint density at radius 1 is 1.33 bits per heavy atom. The molecule has 3 nitrogen and oxygen atoms in total. The smallest absolute Gasteiger partial charge is 0.127 e. The van der Waals surface area contributed by atoms with E-state index in [1.54, 1.807) is 7.11 Å². The molecule has 0 aliphatic heterocycles. The summed E-state index contributed by atoms with van der Waals surface area (Å²) in [5, 5.41) is -0.0856. The number of halogens is 1. The van der Waals surface area contributed by atoms with Gasteiger partial charge in [0.25, 0.3) is 0 Å². The van der Waals surface area contributed by atoms with Gasteiger partial charge in [-0.05, 0) is 37.8 Å². The van der Waals surface area contributed by atoms with Crippen LogP contribution in [-0.4, -0.2) is 16.7 Å². The number of benzene rings is 1. The van der Waals surface area contributed by atoms with Crippen LogP contribution in [0.1, 0.15) is 56.8 Å². The first-order valence-corrected chi connectivity index (χ1v) is 8.25. The van der Waals surface area contributed by atoms with Crippen LogP contribution in [-0.2, 0) is 0 Å². The van der Waals surface area contributed by atoms with Crippen LogP contribution in [0.3, 0.4) is 0 Å². The highest BCUT2D eigenvalue weighted by Crippen LogP contribution is 2.39. The molecule has 0 bridgehead atoms. The van der Waals surface area contributed by atoms with Gasteiger partial charge < -0.3 is 9.30 Å². The van der Waals surface area contributed by atoms with Gasteiger partial charge in [-0.1, -0.05) is 19.8 Å². The first-order chi connectivity index (χ1) is 10.1. The Bertz CT molecular complexity index is 635. The zero-order valence-corrected chi connectivity index (χ0v) is 13.7. The molecule has 4 heteroatoms. The van der Waals surface area contributed by atoms with E-state index in [1.807, 2.05) is 19.1 Å². The lowest BCUT2D eigenvalue weighted by Gasteiger charge is -2.32. The minimum atomic E-state index is -0.0856. The van der Waals surface area contributed by atoms with Crippen molar-refractivity contribution in [3.63, 3.8) is 0 Å². The molecule has 21 heavy (non-hydrogen) atoms. The Labute approximate surface area is 131 Å². The van der Waals surface area contributed by atoms with Crippen LogP contribution in [0.25, 0.3) is 11.0 Å². The molecule has 1 aliphatic rings. The molecule has 1 saturated carbocycles. The van der Waals surface area contributed by atoms with Gasteiger partial charge in [-0.25, -0.2) is 4.98 Å². The monoisotopic (exact) mass is 306 g/mol. The predicted octanol–water partition coefficient (Wildman–Crippen LogP) is 5.10. The molecule has 0 amide bonds. The highest BCUT2D eigenvalue weighted by atomic mass is 35.5. The molecular weight excluding hydrogens is 284 g/mol. The predicted molar refractivity (Wildman–Crippen MR) is 87.2 cm³/mol. The molecule has 0 radical (unpaired) electrons. The molecule has 0 saturated heterocycles. The first-order valence-electron chi connectivity index (χ1n) is 7.81. The second kappa shape index (κ2) is 5.88. The van der Waals surface area contributed by atoms with Gasteiger partial charge in [0.2, 0.25) is 0 Å². The Balaban J connectivity index is 2.18. The number of ether oxygens (including phenoxy) is 1. The largest absolute Gasteiger partial charge is 0.497 e. The molecule has 3 unspecified atom stereocenters. The maximum Gasteiger partial charge on any atom is 0.127 e. The molecule has 1 heterocycles. The summed E-state index contributed by atoms with van der Waals surface area (Å²) in [6.45, 7) is 4.35. The zero-order valence-electron chi connectivity index (χ0n) is 13.0. The maximum absolute atomic E-state index is 6.41. The quantitative estimate of drug-likeness (QED) is 0.738. The summed E-state index contributed by atoms with van der Waals surface area (Å²) in [4.78, 5) is 4.77. The maximum atomic E-state index is 6.41. The molecule has 1 aromatic heterocycles. The Morgan fingerprint density at radius 3 is 2.76 bits per heavy atom. The minimum absolute atomic E-state index is 0.0856. The summed E-state index contributed by atoms with van der Waals surface area (Å²) in [7, 11) is 1.70. The highest BCUT2D eigenvalue weighted by molar-refractivity contribution is 6.20. The highest BCUT2D eigenvalue weighted by Gasteiger charge is 2.28. The van der Waals surface area contributed by atoms with Crippen molar-refractivity contribution in [2.24, 2.45) is 5.92 Å². The van der Waals surface area contributed by atoms with Gasteiger partial charge in [0.05, 0.1) is 23.5 Å². The van der Waals surface area contributed by atoms with Crippen LogP contribution >= 0.6 is 11.6 Å². The number of hydrogen-bond acceptors (Lipinski definition) is 2. The van der Waals surface area contributed by atoms with Crippen molar-refractivity contribution < 1.29 is 4.74 Å². The molecule has 2 aromatic rings. The summed E-state index contributed by atoms with van der Waals surface area (Å²) in [5.74, 6) is 2.52. The van der Waals surface area contributed by atoms with Crippen LogP contribution in [0.4, 0.5) is 0 Å². The van der Waals surface area contributed by atoms with Crippen molar-refractivity contribution in [1.29, 1.82) is 0 Å². The topological polar surface area (TPSA) is 27.1 Å². The lowest BCUT2D eigenvalue weighted by Crippen LogP contribution is -2.23. The van der Waals surface area contributed by atoms with E-state index < -0.39 is 0 Å². The molecule has 114 valence electrons. The second-order valence-electron chi connectivity index (χ2n) is 6.14. The SMILES string of the molecule is COc1ccc2nc(C(C)Cl)n(C3CCCCC3C)c2c1. The van der Waals surface area contributed by atoms with Gasteiger partial charge in [-0.2, -0.15) is 0 Å². The summed E-state index contributed by atoms with van der Waals surface area (Å²) in [6, 6.07) is 6.58. The van der Waals surface area contributed by atoms with E-state index in [0.717, 1.165) is 22.6 Å². The molecule has 3 rings (SSSR count). The van der Waals surface area contributed by atoms with Crippen LogP contribution in [0.15, 0.2) is 18.2 Å². The minimum Gasteiger partial charge on any atom is -0.497 e. The number of alkyl halides is 1. The summed E-state index contributed by atoms with van der Waals surface area (Å²) in [5.41, 5.74) is 2.16. The second-order valence-corrected chi connectivity index (χ2v) is 6.79. The summed E-state index contributed by atoms with van der Waals surface area (Å²) < 4.78 is 7.76. The number of imidazole rings is 1. The third kappa shape index (κ3) is 2.64. The van der Waals surface area contributed by atoms with Crippen LogP contribution in [0.5, 0.6) is 5.75 Å². The number of nitrogens with zero attached hydrogens (tertiary/aromatic N) is 2. The molecule has 0 spiro atoms. The van der Waals surface area contributed by atoms with Crippen molar-refractivity contribution in [2.45, 2.75) is 50.9 Å². The lowest BCUT2D eigenvalue weighted by atomic mass is 9.85. The average Bonchev–Trinajstić information content (AvgIpc) is 2.86. The van der Waals surface area contributed by atoms with E-state index in [2.05, 4.69) is 17.6 Å². The van der Waals surface area contributed by atoms with Gasteiger partial charge in [0.1, 0.15) is 11.6 Å². The normalized spacial score (nSPS) is 24.2.